The van der Waals surface area contributed by atoms with Gasteiger partial charge in [0.15, 0.2) is 11.5 Å². The van der Waals surface area contributed by atoms with E-state index in [9.17, 15) is 40.7 Å². The van der Waals surface area contributed by atoms with E-state index in [4.69, 9.17) is 16.2 Å². The minimum Gasteiger partial charge on any atom is -0.427 e. The largest absolute Gasteiger partial charge is 0.490 e. The van der Waals surface area contributed by atoms with Crippen LogP contribution in [0.5, 0.6) is 0 Å². The summed E-state index contributed by atoms with van der Waals surface area (Å²) in [6.45, 7) is 2.17. The van der Waals surface area contributed by atoms with Gasteiger partial charge in [-0.3, -0.25) is 9.59 Å². The third-order valence-corrected chi connectivity index (χ3v) is 5.65. The van der Waals surface area contributed by atoms with Crippen LogP contribution in [-0.4, -0.2) is 59.4 Å². The molecule has 16 heteroatoms. The number of primary amides is 1. The number of anilines is 1. The van der Waals surface area contributed by atoms with Gasteiger partial charge in [0, 0.05) is 17.7 Å². The van der Waals surface area contributed by atoms with Crippen LogP contribution in [0.1, 0.15) is 34.5 Å². The van der Waals surface area contributed by atoms with E-state index >= 15 is 0 Å². The van der Waals surface area contributed by atoms with Crippen molar-refractivity contribution >= 4 is 23.6 Å². The van der Waals surface area contributed by atoms with Gasteiger partial charge in [-0.2, -0.15) is 26.3 Å². The Morgan fingerprint density at radius 2 is 1.84 bits per heavy atom. The molecular weight excluding hydrogens is 528 g/mol. The molecule has 1 unspecified atom stereocenters. The third kappa shape index (κ3) is 5.64. The van der Waals surface area contributed by atoms with E-state index in [1.807, 2.05) is 0 Å². The first-order chi connectivity index (χ1) is 17.6. The molecule has 0 spiro atoms. The van der Waals surface area contributed by atoms with Crippen molar-refractivity contribution in [2.75, 3.05) is 18.9 Å². The Hall–Kier alpha value is -3.95. The number of rotatable bonds is 6. The predicted molar refractivity (Wildman–Crippen MR) is 117 cm³/mol. The van der Waals surface area contributed by atoms with Gasteiger partial charge in [0.2, 0.25) is 0 Å². The van der Waals surface area contributed by atoms with Gasteiger partial charge in [0.05, 0.1) is 24.5 Å². The number of alkyl halides is 6. The molecule has 2 aromatic rings. The molecule has 38 heavy (non-hydrogen) atoms. The molecule has 1 fully saturated rings. The average Bonchev–Trinajstić information content (AvgIpc) is 2.82. The molecule has 1 saturated heterocycles. The second kappa shape index (κ2) is 10.4. The molecule has 2 atom stereocenters. The first-order valence-electron chi connectivity index (χ1n) is 10.9. The summed E-state index contributed by atoms with van der Waals surface area (Å²) in [7, 11) is 0. The van der Waals surface area contributed by atoms with E-state index in [2.05, 4.69) is 20.0 Å². The number of aromatic nitrogens is 2. The molecule has 1 aromatic heterocycles. The zero-order valence-corrected chi connectivity index (χ0v) is 19.6. The first-order valence-corrected chi connectivity index (χ1v) is 10.9. The fourth-order valence-corrected chi connectivity index (χ4v) is 3.73. The van der Waals surface area contributed by atoms with Crippen LogP contribution in [0.2, 0.25) is 0 Å². The van der Waals surface area contributed by atoms with Crippen LogP contribution in [-0.2, 0) is 24.7 Å². The van der Waals surface area contributed by atoms with Gasteiger partial charge >= 0.3 is 23.9 Å². The summed E-state index contributed by atoms with van der Waals surface area (Å²) in [4.78, 5) is 44.1. The quantitative estimate of drug-likeness (QED) is 0.366. The average molecular weight is 549 g/mol. The Labute approximate surface area is 210 Å². The minimum atomic E-state index is -5.90. The highest BCUT2D eigenvalue weighted by molar-refractivity contribution is 5.97. The number of carbonyl (C=O) groups excluding carboxylic acids is 3. The lowest BCUT2D eigenvalue weighted by Crippen LogP contribution is -2.57. The fraction of sp³-hybridized carbons (Fsp3) is 0.409. The molecule has 2 amide bonds. The number of halogens is 6. The molecular formula is C22H21F6N5O5. The number of carbonyl (C=O) groups is 3. The molecule has 1 aromatic carbocycles. The SMILES string of the molecule is Cc1ccc(C(OC(=O)C(F)(F)F)(C(N)=O)C(F)(F)F)cc1-c1cnc(N)c(C(=O)N[C@H]2CCCOC2)n1. The maximum absolute atomic E-state index is 14.1. The van der Waals surface area contributed by atoms with Crippen molar-refractivity contribution in [2.24, 2.45) is 5.73 Å². The van der Waals surface area contributed by atoms with Crippen molar-refractivity contribution in [3.8, 4) is 11.3 Å². The maximum atomic E-state index is 14.1. The summed E-state index contributed by atoms with van der Waals surface area (Å²) >= 11 is 0. The number of nitrogen functional groups attached to an aromatic ring is 1. The number of benzene rings is 1. The minimum absolute atomic E-state index is 0.192. The summed E-state index contributed by atoms with van der Waals surface area (Å²) in [5.41, 5.74) is 4.33. The highest BCUT2D eigenvalue weighted by Gasteiger charge is 2.66. The number of nitrogens with one attached hydrogen (secondary N) is 1. The normalized spacial score (nSPS) is 17.8. The number of esters is 1. The Bertz CT molecular complexity index is 1250. The number of nitrogens with zero attached hydrogens (tertiary/aromatic N) is 2. The molecule has 1 aliphatic heterocycles. The van der Waals surface area contributed by atoms with Crippen LogP contribution in [0, 0.1) is 6.92 Å². The standard InChI is InChI=1S/C22H21F6N5O5/c1-10-4-5-11(20(18(30)35,22(26,27)28)38-19(36)21(23,24)25)7-13(10)14-8-31-16(29)15(33-14)17(34)32-12-3-2-6-37-9-12/h4-5,7-8,12H,2-3,6,9H2,1H3,(H2,29,31)(H2,30,35)(H,32,34)/t12-,20?/m0/s1. The van der Waals surface area contributed by atoms with Crippen LogP contribution in [0.25, 0.3) is 11.3 Å². The number of amides is 2. The topological polar surface area (TPSA) is 160 Å². The molecule has 1 aliphatic rings. The molecule has 0 bridgehead atoms. The van der Waals surface area contributed by atoms with Gasteiger partial charge in [-0.05, 0) is 31.4 Å². The Morgan fingerprint density at radius 1 is 1.16 bits per heavy atom. The Kier molecular flexibility index (Phi) is 7.86. The van der Waals surface area contributed by atoms with Crippen molar-refractivity contribution in [1.29, 1.82) is 0 Å². The van der Waals surface area contributed by atoms with Crippen molar-refractivity contribution in [2.45, 2.75) is 43.8 Å². The van der Waals surface area contributed by atoms with Crippen molar-refractivity contribution < 1.29 is 50.2 Å². The highest BCUT2D eigenvalue weighted by Crippen LogP contribution is 2.44. The molecule has 3 rings (SSSR count). The monoisotopic (exact) mass is 549 g/mol. The van der Waals surface area contributed by atoms with Gasteiger partial charge in [-0.25, -0.2) is 14.8 Å². The molecule has 0 saturated carbocycles. The summed E-state index contributed by atoms with van der Waals surface area (Å²) < 4.78 is 89.7. The number of hydrogen-bond acceptors (Lipinski definition) is 8. The van der Waals surface area contributed by atoms with E-state index in [1.54, 1.807) is 0 Å². The van der Waals surface area contributed by atoms with Crippen molar-refractivity contribution in [3.05, 3.63) is 41.2 Å². The van der Waals surface area contributed by atoms with Crippen LogP contribution in [0.15, 0.2) is 24.4 Å². The maximum Gasteiger partial charge on any atom is 0.490 e. The lowest BCUT2D eigenvalue weighted by atomic mass is 9.88. The Balaban J connectivity index is 2.10. The zero-order valence-electron chi connectivity index (χ0n) is 19.6. The number of nitrogens with two attached hydrogens (primary N) is 2. The predicted octanol–water partition coefficient (Wildman–Crippen LogP) is 2.29. The Morgan fingerprint density at radius 3 is 2.39 bits per heavy atom. The number of ether oxygens (including phenoxy) is 2. The van der Waals surface area contributed by atoms with Gasteiger partial charge in [-0.1, -0.05) is 12.1 Å². The van der Waals surface area contributed by atoms with Crippen LogP contribution >= 0.6 is 0 Å². The second-order valence-corrected chi connectivity index (χ2v) is 8.34. The summed E-state index contributed by atoms with van der Waals surface area (Å²) in [6, 6.07) is 1.90. The summed E-state index contributed by atoms with van der Waals surface area (Å²) in [5, 5.41) is 2.66. The van der Waals surface area contributed by atoms with Gasteiger partial charge in [0.25, 0.3) is 11.8 Å². The van der Waals surface area contributed by atoms with Crippen LogP contribution < -0.4 is 16.8 Å². The van der Waals surface area contributed by atoms with E-state index in [0.717, 1.165) is 12.3 Å². The lowest BCUT2D eigenvalue weighted by Gasteiger charge is -2.33. The molecule has 0 radical (unpaired) electrons. The third-order valence-electron chi connectivity index (χ3n) is 5.65. The van der Waals surface area contributed by atoms with Gasteiger partial charge in [0.1, 0.15) is 0 Å². The van der Waals surface area contributed by atoms with E-state index in [0.29, 0.717) is 31.6 Å². The van der Waals surface area contributed by atoms with Crippen molar-refractivity contribution in [3.63, 3.8) is 0 Å². The van der Waals surface area contributed by atoms with Crippen LogP contribution in [0.3, 0.4) is 0 Å². The molecule has 206 valence electrons. The smallest absolute Gasteiger partial charge is 0.427 e. The summed E-state index contributed by atoms with van der Waals surface area (Å²) in [5.74, 6) is -6.76. The molecule has 5 N–H and O–H groups in total. The summed E-state index contributed by atoms with van der Waals surface area (Å²) in [6.07, 6.45) is -9.45. The second-order valence-electron chi connectivity index (χ2n) is 8.34. The van der Waals surface area contributed by atoms with E-state index < -0.39 is 41.3 Å². The number of aryl methyl sites for hydroxylation is 1. The van der Waals surface area contributed by atoms with Crippen LogP contribution in [0.4, 0.5) is 32.2 Å². The highest BCUT2D eigenvalue weighted by atomic mass is 19.4. The zero-order chi connectivity index (χ0) is 28.5. The van der Waals surface area contributed by atoms with Gasteiger partial charge < -0.3 is 26.3 Å². The molecule has 10 nitrogen and oxygen atoms in total. The number of hydrogen-bond donors (Lipinski definition) is 3. The molecule has 0 aliphatic carbocycles. The molecule has 2 heterocycles. The first kappa shape index (κ1) is 28.6. The van der Waals surface area contributed by atoms with E-state index in [-0.39, 0.29) is 41.0 Å². The van der Waals surface area contributed by atoms with Crippen molar-refractivity contribution in [1.82, 2.24) is 15.3 Å². The van der Waals surface area contributed by atoms with E-state index in [1.165, 1.54) is 6.92 Å². The lowest BCUT2D eigenvalue weighted by molar-refractivity contribution is -0.280. The van der Waals surface area contributed by atoms with Gasteiger partial charge in [-0.15, -0.1) is 0 Å². The fourth-order valence-electron chi connectivity index (χ4n) is 3.73.